The molecule has 0 spiro atoms. The molecule has 2 heterocycles. The Labute approximate surface area is 119 Å². The number of aryl methyl sites for hydroxylation is 1. The number of aromatic nitrogens is 2. The fraction of sp³-hybridized carbons (Fsp3) is 0.375. The van der Waals surface area contributed by atoms with Crippen molar-refractivity contribution in [2.75, 3.05) is 23.3 Å². The minimum absolute atomic E-state index is 0.851. The monoisotopic (exact) mass is 268 g/mol. The SMILES string of the molecule is Cc1ccc(Nc2cc(N3CCCCC3)ncn2)cc1. The van der Waals surface area contributed by atoms with Gasteiger partial charge in [-0.3, -0.25) is 0 Å². The normalized spacial score (nSPS) is 15.2. The van der Waals surface area contributed by atoms with E-state index in [4.69, 9.17) is 0 Å². The molecule has 3 rings (SSSR count). The van der Waals surface area contributed by atoms with Crippen LogP contribution in [0.2, 0.25) is 0 Å². The maximum atomic E-state index is 4.39. The lowest BCUT2D eigenvalue weighted by atomic mass is 10.1. The van der Waals surface area contributed by atoms with Gasteiger partial charge in [-0.1, -0.05) is 17.7 Å². The van der Waals surface area contributed by atoms with E-state index in [1.807, 2.05) is 6.07 Å². The molecular formula is C16H20N4. The molecule has 0 bridgehead atoms. The van der Waals surface area contributed by atoms with Gasteiger partial charge in [0.25, 0.3) is 0 Å². The van der Waals surface area contributed by atoms with Gasteiger partial charge in [-0.2, -0.15) is 0 Å². The van der Waals surface area contributed by atoms with E-state index >= 15 is 0 Å². The largest absolute Gasteiger partial charge is 0.356 e. The molecule has 2 aromatic rings. The molecule has 20 heavy (non-hydrogen) atoms. The molecule has 0 aliphatic carbocycles. The van der Waals surface area contributed by atoms with Crippen molar-refractivity contribution in [1.29, 1.82) is 0 Å². The average molecular weight is 268 g/mol. The first-order valence-electron chi connectivity index (χ1n) is 7.22. The van der Waals surface area contributed by atoms with E-state index in [1.54, 1.807) is 6.33 Å². The summed E-state index contributed by atoms with van der Waals surface area (Å²) in [5, 5.41) is 3.33. The third kappa shape index (κ3) is 3.07. The fourth-order valence-electron chi connectivity index (χ4n) is 2.50. The fourth-order valence-corrected chi connectivity index (χ4v) is 2.50. The van der Waals surface area contributed by atoms with E-state index in [0.29, 0.717) is 0 Å². The van der Waals surface area contributed by atoms with E-state index < -0.39 is 0 Å². The zero-order chi connectivity index (χ0) is 13.8. The van der Waals surface area contributed by atoms with Gasteiger partial charge in [0.2, 0.25) is 0 Å². The second kappa shape index (κ2) is 5.90. The third-order valence-electron chi connectivity index (χ3n) is 3.66. The quantitative estimate of drug-likeness (QED) is 0.924. The summed E-state index contributed by atoms with van der Waals surface area (Å²) in [7, 11) is 0. The van der Waals surface area contributed by atoms with Crippen LogP contribution in [0.5, 0.6) is 0 Å². The summed E-state index contributed by atoms with van der Waals surface area (Å²) < 4.78 is 0. The highest BCUT2D eigenvalue weighted by molar-refractivity contribution is 5.59. The first kappa shape index (κ1) is 12.9. The maximum Gasteiger partial charge on any atom is 0.135 e. The van der Waals surface area contributed by atoms with Crippen molar-refractivity contribution < 1.29 is 0 Å². The highest BCUT2D eigenvalue weighted by Crippen LogP contribution is 2.21. The van der Waals surface area contributed by atoms with E-state index in [9.17, 15) is 0 Å². The Balaban J connectivity index is 1.75. The summed E-state index contributed by atoms with van der Waals surface area (Å²) in [6.45, 7) is 4.28. The smallest absolute Gasteiger partial charge is 0.135 e. The summed E-state index contributed by atoms with van der Waals surface area (Å²) in [6, 6.07) is 10.4. The van der Waals surface area contributed by atoms with Crippen molar-refractivity contribution in [3.05, 3.63) is 42.2 Å². The molecule has 1 N–H and O–H groups in total. The van der Waals surface area contributed by atoms with E-state index in [1.165, 1.54) is 24.8 Å². The molecular weight excluding hydrogens is 248 g/mol. The third-order valence-corrected chi connectivity index (χ3v) is 3.66. The van der Waals surface area contributed by atoms with Crippen LogP contribution >= 0.6 is 0 Å². The van der Waals surface area contributed by atoms with Crippen LogP contribution in [0.3, 0.4) is 0 Å². The molecule has 104 valence electrons. The minimum Gasteiger partial charge on any atom is -0.356 e. The first-order valence-corrected chi connectivity index (χ1v) is 7.22. The Kier molecular flexibility index (Phi) is 3.81. The first-order chi connectivity index (χ1) is 9.81. The second-order valence-electron chi connectivity index (χ2n) is 5.30. The van der Waals surface area contributed by atoms with E-state index in [2.05, 4.69) is 51.4 Å². The summed E-state index contributed by atoms with van der Waals surface area (Å²) in [5.41, 5.74) is 2.31. The number of nitrogens with zero attached hydrogens (tertiary/aromatic N) is 3. The molecule has 1 saturated heterocycles. The summed E-state index contributed by atoms with van der Waals surface area (Å²) in [6.07, 6.45) is 5.48. The van der Waals surface area contributed by atoms with Gasteiger partial charge >= 0.3 is 0 Å². The van der Waals surface area contributed by atoms with Crippen molar-refractivity contribution in [1.82, 2.24) is 9.97 Å². The molecule has 0 amide bonds. The van der Waals surface area contributed by atoms with Crippen LogP contribution in [0.25, 0.3) is 0 Å². The van der Waals surface area contributed by atoms with Gasteiger partial charge < -0.3 is 10.2 Å². The molecule has 0 unspecified atom stereocenters. The van der Waals surface area contributed by atoms with Crippen LogP contribution in [0.15, 0.2) is 36.7 Å². The molecule has 4 heteroatoms. The number of benzene rings is 1. The van der Waals surface area contributed by atoms with Crippen molar-refractivity contribution >= 4 is 17.3 Å². The molecule has 0 radical (unpaired) electrons. The van der Waals surface area contributed by atoms with Crippen LogP contribution in [-0.2, 0) is 0 Å². The molecule has 0 atom stereocenters. The van der Waals surface area contributed by atoms with Gasteiger partial charge in [-0.05, 0) is 38.3 Å². The van der Waals surface area contributed by atoms with Crippen LogP contribution < -0.4 is 10.2 Å². The lowest BCUT2D eigenvalue weighted by Crippen LogP contribution is -2.30. The minimum atomic E-state index is 0.851. The Morgan fingerprint density at radius 3 is 2.50 bits per heavy atom. The summed E-state index contributed by atoms with van der Waals surface area (Å²) in [4.78, 5) is 11.0. The molecule has 1 aliphatic rings. The molecule has 1 fully saturated rings. The summed E-state index contributed by atoms with van der Waals surface area (Å²) in [5.74, 6) is 1.87. The Morgan fingerprint density at radius 1 is 1.00 bits per heavy atom. The van der Waals surface area contributed by atoms with Crippen LogP contribution in [-0.4, -0.2) is 23.1 Å². The zero-order valence-corrected chi connectivity index (χ0v) is 11.8. The molecule has 1 aromatic heterocycles. The lowest BCUT2D eigenvalue weighted by Gasteiger charge is -2.27. The second-order valence-corrected chi connectivity index (χ2v) is 5.30. The van der Waals surface area contributed by atoms with Crippen LogP contribution in [0, 0.1) is 6.92 Å². The van der Waals surface area contributed by atoms with Crippen LogP contribution in [0.4, 0.5) is 17.3 Å². The van der Waals surface area contributed by atoms with E-state index in [0.717, 1.165) is 30.4 Å². The highest BCUT2D eigenvalue weighted by atomic mass is 15.2. The molecule has 1 aromatic carbocycles. The number of nitrogens with one attached hydrogen (secondary N) is 1. The maximum absolute atomic E-state index is 4.39. The topological polar surface area (TPSA) is 41.0 Å². The van der Waals surface area contributed by atoms with Gasteiger partial charge in [-0.15, -0.1) is 0 Å². The average Bonchev–Trinajstić information content (AvgIpc) is 2.51. The highest BCUT2D eigenvalue weighted by Gasteiger charge is 2.12. The predicted molar refractivity (Wildman–Crippen MR) is 82.6 cm³/mol. The van der Waals surface area contributed by atoms with Crippen molar-refractivity contribution in [3.63, 3.8) is 0 Å². The number of hydrogen-bond donors (Lipinski definition) is 1. The van der Waals surface area contributed by atoms with Crippen molar-refractivity contribution in [2.45, 2.75) is 26.2 Å². The lowest BCUT2D eigenvalue weighted by molar-refractivity contribution is 0.573. The number of rotatable bonds is 3. The zero-order valence-electron chi connectivity index (χ0n) is 11.8. The molecule has 1 aliphatic heterocycles. The standard InChI is InChI=1S/C16H20N4/c1-13-5-7-14(8-6-13)19-15-11-16(18-12-17-15)20-9-3-2-4-10-20/h5-8,11-12H,2-4,9-10H2,1H3,(H,17,18,19). The van der Waals surface area contributed by atoms with Crippen molar-refractivity contribution in [3.8, 4) is 0 Å². The summed E-state index contributed by atoms with van der Waals surface area (Å²) >= 11 is 0. The van der Waals surface area contributed by atoms with Gasteiger partial charge in [0.05, 0.1) is 0 Å². The van der Waals surface area contributed by atoms with Crippen molar-refractivity contribution in [2.24, 2.45) is 0 Å². The number of hydrogen-bond acceptors (Lipinski definition) is 4. The Bertz CT molecular complexity index is 559. The number of piperidine rings is 1. The van der Waals surface area contributed by atoms with Gasteiger partial charge in [-0.25, -0.2) is 9.97 Å². The molecule has 4 nitrogen and oxygen atoms in total. The molecule has 0 saturated carbocycles. The van der Waals surface area contributed by atoms with Gasteiger partial charge in [0.15, 0.2) is 0 Å². The van der Waals surface area contributed by atoms with Gasteiger partial charge in [0, 0.05) is 24.8 Å². The Hall–Kier alpha value is -2.10. The predicted octanol–water partition coefficient (Wildman–Crippen LogP) is 3.52. The van der Waals surface area contributed by atoms with Crippen LogP contribution in [0.1, 0.15) is 24.8 Å². The Morgan fingerprint density at radius 2 is 1.75 bits per heavy atom. The van der Waals surface area contributed by atoms with Gasteiger partial charge in [0.1, 0.15) is 18.0 Å². The number of anilines is 3. The van der Waals surface area contributed by atoms with E-state index in [-0.39, 0.29) is 0 Å².